The second kappa shape index (κ2) is 7.07. The first-order chi connectivity index (χ1) is 10.8. The number of hydrogen-bond donors (Lipinski definition) is 3. The molecule has 23 heavy (non-hydrogen) atoms. The number of rotatable bonds is 5. The first kappa shape index (κ1) is 17.4. The second-order valence-electron chi connectivity index (χ2n) is 4.66. The summed E-state index contributed by atoms with van der Waals surface area (Å²) in [5.74, 6) is -0.879. The van der Waals surface area contributed by atoms with Crippen molar-refractivity contribution in [2.75, 3.05) is 5.32 Å². The number of carbonyl (C=O) groups is 1. The normalized spacial score (nSPS) is 12.6. The zero-order chi connectivity index (χ0) is 17.0. The number of nitrogens with zero attached hydrogens (tertiary/aromatic N) is 1. The zero-order valence-corrected chi connectivity index (χ0v) is 14.4. The predicted molar refractivity (Wildman–Crippen MR) is 88.5 cm³/mol. The Hall–Kier alpha value is -1.97. The lowest BCUT2D eigenvalue weighted by Crippen LogP contribution is -2.41. The molecular formula is C14H14BrN3O4S. The monoisotopic (exact) mass is 399 g/mol. The highest BCUT2D eigenvalue weighted by molar-refractivity contribution is 9.10. The largest absolute Gasteiger partial charge is 0.504 e. The van der Waals surface area contributed by atoms with Crippen LogP contribution in [-0.2, 0) is 14.8 Å². The first-order valence-electron chi connectivity index (χ1n) is 6.52. The van der Waals surface area contributed by atoms with Crippen LogP contribution in [0.4, 0.5) is 5.82 Å². The van der Waals surface area contributed by atoms with Crippen LogP contribution in [0.25, 0.3) is 0 Å². The van der Waals surface area contributed by atoms with Crippen molar-refractivity contribution < 1.29 is 18.3 Å². The topological polar surface area (TPSA) is 108 Å². The number of carbonyl (C=O) groups excluding carboxylic acids is 1. The van der Waals surface area contributed by atoms with Crippen molar-refractivity contribution in [3.05, 3.63) is 47.1 Å². The summed E-state index contributed by atoms with van der Waals surface area (Å²) in [7, 11) is -3.84. The number of nitrogens with one attached hydrogen (secondary N) is 2. The minimum Gasteiger partial charge on any atom is -0.504 e. The van der Waals surface area contributed by atoms with Crippen LogP contribution >= 0.6 is 15.9 Å². The summed E-state index contributed by atoms with van der Waals surface area (Å²) in [6, 6.07) is 7.83. The molecule has 0 aliphatic carbocycles. The molecule has 2 aromatic rings. The van der Waals surface area contributed by atoms with E-state index in [-0.39, 0.29) is 16.5 Å². The van der Waals surface area contributed by atoms with Gasteiger partial charge in [-0.1, -0.05) is 15.9 Å². The Labute approximate surface area is 141 Å². The van der Waals surface area contributed by atoms with E-state index >= 15 is 0 Å². The second-order valence-corrected chi connectivity index (χ2v) is 7.29. The van der Waals surface area contributed by atoms with Crippen molar-refractivity contribution >= 4 is 37.7 Å². The summed E-state index contributed by atoms with van der Waals surface area (Å²) in [6.07, 6.45) is 1.39. The van der Waals surface area contributed by atoms with Gasteiger partial charge in [-0.3, -0.25) is 4.79 Å². The van der Waals surface area contributed by atoms with Crippen molar-refractivity contribution in [2.24, 2.45) is 0 Å². The first-order valence-corrected chi connectivity index (χ1v) is 8.80. The van der Waals surface area contributed by atoms with Gasteiger partial charge >= 0.3 is 0 Å². The molecule has 0 saturated heterocycles. The standard InChI is InChI=1S/C14H14BrN3O4S/c1-9(14(20)17-13-12(19)3-2-8-16-13)18-23(21,22)11-6-4-10(15)5-7-11/h2-9,18-19H,1H3,(H,16,17,20). The number of halogens is 1. The van der Waals surface area contributed by atoms with Crippen molar-refractivity contribution in [3.63, 3.8) is 0 Å². The van der Waals surface area contributed by atoms with E-state index in [1.54, 1.807) is 12.1 Å². The Morgan fingerprint density at radius 1 is 1.26 bits per heavy atom. The fourth-order valence-corrected chi connectivity index (χ4v) is 3.15. The summed E-state index contributed by atoms with van der Waals surface area (Å²) >= 11 is 3.22. The van der Waals surface area contributed by atoms with Gasteiger partial charge in [-0.2, -0.15) is 4.72 Å². The number of sulfonamides is 1. The van der Waals surface area contributed by atoms with Gasteiger partial charge in [0.1, 0.15) is 0 Å². The summed E-state index contributed by atoms with van der Waals surface area (Å²) in [4.78, 5) is 15.9. The third-order valence-electron chi connectivity index (χ3n) is 2.88. The molecular weight excluding hydrogens is 386 g/mol. The Kier molecular flexibility index (Phi) is 5.34. The fourth-order valence-electron chi connectivity index (χ4n) is 1.69. The van der Waals surface area contributed by atoms with Crippen LogP contribution in [0.3, 0.4) is 0 Å². The molecule has 0 spiro atoms. The lowest BCUT2D eigenvalue weighted by molar-refractivity contribution is -0.117. The molecule has 1 amide bonds. The highest BCUT2D eigenvalue weighted by Crippen LogP contribution is 2.19. The fraction of sp³-hybridized carbons (Fsp3) is 0.143. The van der Waals surface area contributed by atoms with Gasteiger partial charge in [-0.25, -0.2) is 13.4 Å². The predicted octanol–water partition coefficient (Wildman–Crippen LogP) is 1.86. The molecule has 0 fully saturated rings. The Bertz CT molecular complexity index is 809. The van der Waals surface area contributed by atoms with Crippen LogP contribution in [0, 0.1) is 0 Å². The maximum absolute atomic E-state index is 12.2. The van der Waals surface area contributed by atoms with E-state index in [9.17, 15) is 18.3 Å². The van der Waals surface area contributed by atoms with E-state index in [0.717, 1.165) is 4.47 Å². The summed E-state index contributed by atoms with van der Waals surface area (Å²) in [6.45, 7) is 1.39. The van der Waals surface area contributed by atoms with Gasteiger partial charge in [0, 0.05) is 10.7 Å². The molecule has 0 saturated carbocycles. The van der Waals surface area contributed by atoms with E-state index in [4.69, 9.17) is 0 Å². The van der Waals surface area contributed by atoms with Crippen LogP contribution in [0.15, 0.2) is 52.0 Å². The lowest BCUT2D eigenvalue weighted by Gasteiger charge is -2.14. The number of aromatic nitrogens is 1. The van der Waals surface area contributed by atoms with Crippen LogP contribution < -0.4 is 10.0 Å². The Balaban J connectivity index is 2.08. The quantitative estimate of drug-likeness (QED) is 0.710. The maximum Gasteiger partial charge on any atom is 0.243 e. The number of hydrogen-bond acceptors (Lipinski definition) is 5. The van der Waals surface area contributed by atoms with Gasteiger partial charge in [-0.15, -0.1) is 0 Å². The van der Waals surface area contributed by atoms with Gasteiger partial charge < -0.3 is 10.4 Å². The molecule has 1 heterocycles. The van der Waals surface area contributed by atoms with Gasteiger partial charge in [0.2, 0.25) is 15.9 Å². The van der Waals surface area contributed by atoms with E-state index in [0.29, 0.717) is 0 Å². The van der Waals surface area contributed by atoms with Crippen molar-refractivity contribution in [3.8, 4) is 5.75 Å². The highest BCUT2D eigenvalue weighted by Gasteiger charge is 2.22. The van der Waals surface area contributed by atoms with E-state index < -0.39 is 22.0 Å². The zero-order valence-electron chi connectivity index (χ0n) is 12.0. The van der Waals surface area contributed by atoms with Crippen molar-refractivity contribution in [2.45, 2.75) is 17.9 Å². The molecule has 3 N–H and O–H groups in total. The number of pyridine rings is 1. The minimum absolute atomic E-state index is 0.0350. The van der Waals surface area contributed by atoms with Gasteiger partial charge in [-0.05, 0) is 43.3 Å². The number of amides is 1. The van der Waals surface area contributed by atoms with E-state index in [1.165, 1.54) is 37.4 Å². The van der Waals surface area contributed by atoms with Crippen LogP contribution in [0.2, 0.25) is 0 Å². The van der Waals surface area contributed by atoms with Gasteiger partial charge in [0.15, 0.2) is 11.6 Å². The van der Waals surface area contributed by atoms with E-state index in [1.807, 2.05) is 0 Å². The van der Waals surface area contributed by atoms with Gasteiger partial charge in [0.05, 0.1) is 10.9 Å². The smallest absolute Gasteiger partial charge is 0.243 e. The maximum atomic E-state index is 12.2. The number of anilines is 1. The Morgan fingerprint density at radius 3 is 2.52 bits per heavy atom. The molecule has 9 heteroatoms. The highest BCUT2D eigenvalue weighted by atomic mass is 79.9. The summed E-state index contributed by atoms with van der Waals surface area (Å²) in [5.41, 5.74) is 0. The molecule has 1 unspecified atom stereocenters. The number of aromatic hydroxyl groups is 1. The lowest BCUT2D eigenvalue weighted by atomic mass is 10.3. The number of benzene rings is 1. The average molecular weight is 400 g/mol. The molecule has 1 aromatic heterocycles. The van der Waals surface area contributed by atoms with E-state index in [2.05, 4.69) is 31.0 Å². The molecule has 0 aliphatic heterocycles. The van der Waals surface area contributed by atoms with Crippen LogP contribution in [0.5, 0.6) is 5.75 Å². The minimum atomic E-state index is -3.84. The van der Waals surface area contributed by atoms with Gasteiger partial charge in [0.25, 0.3) is 0 Å². The van der Waals surface area contributed by atoms with Crippen molar-refractivity contribution in [1.29, 1.82) is 0 Å². The molecule has 0 radical (unpaired) electrons. The third kappa shape index (κ3) is 4.50. The van der Waals surface area contributed by atoms with Crippen molar-refractivity contribution in [1.82, 2.24) is 9.71 Å². The van der Waals surface area contributed by atoms with Crippen LogP contribution in [0.1, 0.15) is 6.92 Å². The Morgan fingerprint density at radius 2 is 1.91 bits per heavy atom. The summed E-state index contributed by atoms with van der Waals surface area (Å²) < 4.78 is 27.4. The molecule has 122 valence electrons. The average Bonchev–Trinajstić information content (AvgIpc) is 2.49. The molecule has 0 aliphatic rings. The third-order valence-corrected chi connectivity index (χ3v) is 4.96. The summed E-state index contributed by atoms with van der Waals surface area (Å²) in [5, 5.41) is 11.9. The van der Waals surface area contributed by atoms with Crippen LogP contribution in [-0.4, -0.2) is 30.5 Å². The SMILES string of the molecule is CC(NS(=O)(=O)c1ccc(Br)cc1)C(=O)Nc1ncccc1O. The molecule has 7 nitrogen and oxygen atoms in total. The molecule has 1 atom stereocenters. The molecule has 0 bridgehead atoms. The molecule has 2 rings (SSSR count). The molecule has 1 aromatic carbocycles.